The molecule has 152 valence electrons. The van der Waals surface area contributed by atoms with Crippen molar-refractivity contribution in [3.63, 3.8) is 0 Å². The van der Waals surface area contributed by atoms with Crippen molar-refractivity contribution in [2.24, 2.45) is 0 Å². The largest absolute Gasteiger partial charge is 0.383 e. The van der Waals surface area contributed by atoms with Crippen molar-refractivity contribution >= 4 is 44.5 Å². The van der Waals surface area contributed by atoms with Gasteiger partial charge in [-0.25, -0.2) is 4.98 Å². The minimum absolute atomic E-state index is 0.000318. The Morgan fingerprint density at radius 1 is 1.39 bits per heavy atom. The molecule has 8 heteroatoms. The molecule has 3 rings (SSSR count). The number of aromatic nitrogens is 2. The lowest BCUT2D eigenvalue weighted by atomic mass is 9.95. The molecule has 1 aromatic heterocycles. The molecule has 0 aliphatic heterocycles. The van der Waals surface area contributed by atoms with Crippen molar-refractivity contribution in [3.8, 4) is 0 Å². The lowest BCUT2D eigenvalue weighted by molar-refractivity contribution is -0.121. The van der Waals surface area contributed by atoms with Gasteiger partial charge in [-0.2, -0.15) is 0 Å². The first-order valence-corrected chi connectivity index (χ1v) is 11.3. The second kappa shape index (κ2) is 9.89. The first-order chi connectivity index (χ1) is 13.5. The number of carbonyl (C=O) groups excluding carboxylic acids is 1. The highest BCUT2D eigenvalue weighted by Gasteiger charge is 2.22. The Kier molecular flexibility index (Phi) is 7.54. The van der Waals surface area contributed by atoms with E-state index in [0.29, 0.717) is 29.2 Å². The number of ether oxygens (including phenoxy) is 1. The van der Waals surface area contributed by atoms with E-state index in [1.54, 1.807) is 17.7 Å². The minimum Gasteiger partial charge on any atom is -0.383 e. The molecule has 1 fully saturated rings. The third-order valence-electron chi connectivity index (χ3n) is 5.00. The van der Waals surface area contributed by atoms with E-state index >= 15 is 0 Å². The summed E-state index contributed by atoms with van der Waals surface area (Å²) in [5.41, 5.74) is 0.509. The van der Waals surface area contributed by atoms with Gasteiger partial charge in [0.05, 0.1) is 29.3 Å². The summed E-state index contributed by atoms with van der Waals surface area (Å²) in [6.45, 7) is 2.66. The maximum atomic E-state index is 13.0. The van der Waals surface area contributed by atoms with Crippen molar-refractivity contribution in [2.45, 2.75) is 62.0 Å². The Morgan fingerprint density at radius 2 is 2.14 bits per heavy atom. The molecule has 28 heavy (non-hydrogen) atoms. The van der Waals surface area contributed by atoms with Gasteiger partial charge >= 0.3 is 0 Å². The van der Waals surface area contributed by atoms with Crippen LogP contribution in [0.15, 0.2) is 32.6 Å². The maximum Gasteiger partial charge on any atom is 0.262 e. The Morgan fingerprint density at radius 3 is 2.86 bits per heavy atom. The smallest absolute Gasteiger partial charge is 0.262 e. The van der Waals surface area contributed by atoms with Gasteiger partial charge in [0.2, 0.25) is 5.91 Å². The number of methoxy groups -OCH3 is 1. The molecule has 0 spiro atoms. The number of rotatable bonds is 7. The van der Waals surface area contributed by atoms with E-state index in [4.69, 9.17) is 4.74 Å². The Hall–Kier alpha value is -1.38. The fourth-order valence-corrected chi connectivity index (χ4v) is 4.72. The van der Waals surface area contributed by atoms with Gasteiger partial charge in [-0.05, 0) is 38.0 Å². The van der Waals surface area contributed by atoms with E-state index in [-0.39, 0.29) is 22.8 Å². The zero-order valence-corrected chi connectivity index (χ0v) is 18.6. The number of fused-ring (bicyclic) bond motifs is 1. The van der Waals surface area contributed by atoms with E-state index in [9.17, 15) is 9.59 Å². The summed E-state index contributed by atoms with van der Waals surface area (Å²) in [4.78, 5) is 30.3. The lowest BCUT2D eigenvalue weighted by Gasteiger charge is -2.24. The minimum atomic E-state index is -0.337. The van der Waals surface area contributed by atoms with Crippen molar-refractivity contribution in [3.05, 3.63) is 33.0 Å². The summed E-state index contributed by atoms with van der Waals surface area (Å²) in [5, 5.41) is 3.91. The van der Waals surface area contributed by atoms with Gasteiger partial charge in [-0.3, -0.25) is 14.2 Å². The van der Waals surface area contributed by atoms with Crippen LogP contribution in [0.3, 0.4) is 0 Å². The SMILES string of the molecule is COCCn1c(SC(C)C(=O)NC2CCCCC2)nc2ccc(Br)cc2c1=O. The van der Waals surface area contributed by atoms with E-state index < -0.39 is 0 Å². The van der Waals surface area contributed by atoms with Crippen molar-refractivity contribution in [1.29, 1.82) is 0 Å². The fourth-order valence-electron chi connectivity index (χ4n) is 3.42. The van der Waals surface area contributed by atoms with Crippen molar-refractivity contribution < 1.29 is 9.53 Å². The molecule has 1 unspecified atom stereocenters. The number of amides is 1. The highest BCUT2D eigenvalue weighted by atomic mass is 79.9. The topological polar surface area (TPSA) is 73.2 Å². The monoisotopic (exact) mass is 467 g/mol. The molecule has 1 amide bonds. The standard InChI is InChI=1S/C20H26BrN3O3S/c1-13(18(25)22-15-6-4-3-5-7-15)28-20-23-17-9-8-14(21)12-16(17)19(26)24(20)10-11-27-2/h8-9,12-13,15H,3-7,10-11H2,1-2H3,(H,22,25). The van der Waals surface area contributed by atoms with Crippen molar-refractivity contribution in [2.75, 3.05) is 13.7 Å². The normalized spacial score (nSPS) is 16.2. The first kappa shape index (κ1) is 21.3. The average molecular weight is 468 g/mol. The third kappa shape index (κ3) is 5.15. The van der Waals surface area contributed by atoms with E-state index in [2.05, 4.69) is 26.2 Å². The third-order valence-corrected chi connectivity index (χ3v) is 6.59. The molecule has 0 radical (unpaired) electrons. The molecule has 0 bridgehead atoms. The number of hydrogen-bond donors (Lipinski definition) is 1. The molecule has 0 saturated heterocycles. The zero-order valence-electron chi connectivity index (χ0n) is 16.2. The van der Waals surface area contributed by atoms with Gasteiger partial charge in [-0.1, -0.05) is 47.0 Å². The van der Waals surface area contributed by atoms with Gasteiger partial charge in [0.15, 0.2) is 5.16 Å². The first-order valence-electron chi connectivity index (χ1n) is 9.65. The molecular weight excluding hydrogens is 442 g/mol. The molecule has 1 aromatic carbocycles. The summed E-state index contributed by atoms with van der Waals surface area (Å²) < 4.78 is 7.59. The van der Waals surface area contributed by atoms with E-state index in [1.807, 2.05) is 19.1 Å². The predicted octanol–water partition coefficient (Wildman–Crippen LogP) is 3.73. The number of nitrogens with zero attached hydrogens (tertiary/aromatic N) is 2. The molecule has 1 atom stereocenters. The second-order valence-corrected chi connectivity index (χ2v) is 9.33. The number of carbonyl (C=O) groups is 1. The molecule has 1 saturated carbocycles. The molecule has 1 aliphatic carbocycles. The van der Waals surface area contributed by atoms with Crippen LogP contribution < -0.4 is 10.9 Å². The van der Waals surface area contributed by atoms with Crippen LogP contribution in [-0.2, 0) is 16.1 Å². The van der Waals surface area contributed by atoms with E-state index in [0.717, 1.165) is 17.3 Å². The van der Waals surface area contributed by atoms with Crippen LogP contribution in [0.4, 0.5) is 0 Å². The number of hydrogen-bond acceptors (Lipinski definition) is 5. The van der Waals surface area contributed by atoms with Crippen LogP contribution in [0.25, 0.3) is 10.9 Å². The molecule has 6 nitrogen and oxygen atoms in total. The Balaban J connectivity index is 1.84. The van der Waals surface area contributed by atoms with Crippen LogP contribution in [0, 0.1) is 0 Å². The lowest BCUT2D eigenvalue weighted by Crippen LogP contribution is -2.40. The summed E-state index contributed by atoms with van der Waals surface area (Å²) in [6.07, 6.45) is 5.69. The van der Waals surface area contributed by atoms with Gasteiger partial charge in [-0.15, -0.1) is 0 Å². The van der Waals surface area contributed by atoms with Crippen LogP contribution in [0.2, 0.25) is 0 Å². The average Bonchev–Trinajstić information content (AvgIpc) is 2.69. The summed E-state index contributed by atoms with van der Waals surface area (Å²) in [5.74, 6) is 0.000318. The molecule has 1 heterocycles. The molecule has 1 aliphatic rings. The van der Waals surface area contributed by atoms with Gasteiger partial charge in [0.25, 0.3) is 5.56 Å². The van der Waals surface area contributed by atoms with Gasteiger partial charge in [0, 0.05) is 17.6 Å². The van der Waals surface area contributed by atoms with Crippen LogP contribution in [-0.4, -0.2) is 40.5 Å². The molecule has 2 aromatic rings. The van der Waals surface area contributed by atoms with Crippen LogP contribution >= 0.6 is 27.7 Å². The number of nitrogens with one attached hydrogen (secondary N) is 1. The quantitative estimate of drug-likeness (QED) is 0.495. The molecule has 1 N–H and O–H groups in total. The van der Waals surface area contributed by atoms with Gasteiger partial charge < -0.3 is 10.1 Å². The second-order valence-electron chi connectivity index (χ2n) is 7.11. The Bertz CT molecular complexity index is 896. The van der Waals surface area contributed by atoms with Crippen LogP contribution in [0.5, 0.6) is 0 Å². The number of halogens is 1. The molecular formula is C20H26BrN3O3S. The predicted molar refractivity (Wildman–Crippen MR) is 116 cm³/mol. The highest BCUT2D eigenvalue weighted by molar-refractivity contribution is 9.10. The number of benzene rings is 1. The summed E-state index contributed by atoms with van der Waals surface area (Å²) in [7, 11) is 1.60. The fraction of sp³-hybridized carbons (Fsp3) is 0.550. The Labute approximate surface area is 177 Å². The summed E-state index contributed by atoms with van der Waals surface area (Å²) >= 11 is 4.73. The number of thioether (sulfide) groups is 1. The maximum absolute atomic E-state index is 13.0. The van der Waals surface area contributed by atoms with Crippen molar-refractivity contribution in [1.82, 2.24) is 14.9 Å². The zero-order chi connectivity index (χ0) is 20.1. The van der Waals surface area contributed by atoms with Crippen LogP contribution in [0.1, 0.15) is 39.0 Å². The van der Waals surface area contributed by atoms with E-state index in [1.165, 1.54) is 31.0 Å². The highest BCUT2D eigenvalue weighted by Crippen LogP contribution is 2.25. The van der Waals surface area contributed by atoms with Gasteiger partial charge in [0.1, 0.15) is 0 Å². The summed E-state index contributed by atoms with van der Waals surface area (Å²) in [6, 6.07) is 5.73.